The number of methoxy groups -OCH3 is 2. The summed E-state index contributed by atoms with van der Waals surface area (Å²) >= 11 is 0. The van der Waals surface area contributed by atoms with E-state index in [1.54, 1.807) is 32.4 Å². The molecule has 0 aliphatic carbocycles. The number of aryl methyl sites for hydroxylation is 1. The molecule has 1 aromatic rings. The standard InChI is InChI=1S/C13H20N2O3/c1-9-6-10(4-5-12(9)14)13(16)15-7-11(18-3)8-17-2/h4-6,11H,7-8,14H2,1-3H3,(H,15,16). The van der Waals surface area contributed by atoms with Crippen LogP contribution in [-0.4, -0.2) is 39.4 Å². The van der Waals surface area contributed by atoms with E-state index in [1.165, 1.54) is 0 Å². The molecule has 5 heteroatoms. The lowest BCUT2D eigenvalue weighted by atomic mass is 10.1. The van der Waals surface area contributed by atoms with E-state index in [0.29, 0.717) is 24.4 Å². The Morgan fingerprint density at radius 3 is 2.72 bits per heavy atom. The Kier molecular flexibility index (Phi) is 5.61. The molecular weight excluding hydrogens is 232 g/mol. The normalized spacial score (nSPS) is 12.2. The molecule has 1 atom stereocenters. The molecule has 0 aliphatic rings. The van der Waals surface area contributed by atoms with Gasteiger partial charge in [-0.15, -0.1) is 0 Å². The second-order valence-corrected chi connectivity index (χ2v) is 4.09. The molecule has 1 aromatic carbocycles. The minimum Gasteiger partial charge on any atom is -0.399 e. The number of anilines is 1. The van der Waals surface area contributed by atoms with Crippen LogP contribution >= 0.6 is 0 Å². The van der Waals surface area contributed by atoms with Crippen LogP contribution < -0.4 is 11.1 Å². The molecule has 0 saturated carbocycles. The van der Waals surface area contributed by atoms with Gasteiger partial charge in [0, 0.05) is 32.0 Å². The Labute approximate surface area is 107 Å². The Morgan fingerprint density at radius 1 is 1.44 bits per heavy atom. The quantitative estimate of drug-likeness (QED) is 0.740. The van der Waals surface area contributed by atoms with Gasteiger partial charge in [-0.1, -0.05) is 0 Å². The molecular formula is C13H20N2O3. The van der Waals surface area contributed by atoms with E-state index >= 15 is 0 Å². The van der Waals surface area contributed by atoms with Gasteiger partial charge in [0.25, 0.3) is 5.91 Å². The van der Waals surface area contributed by atoms with Crippen molar-refractivity contribution in [1.82, 2.24) is 5.32 Å². The largest absolute Gasteiger partial charge is 0.399 e. The monoisotopic (exact) mass is 252 g/mol. The lowest BCUT2D eigenvalue weighted by Gasteiger charge is -2.15. The summed E-state index contributed by atoms with van der Waals surface area (Å²) in [7, 11) is 3.18. The lowest BCUT2D eigenvalue weighted by Crippen LogP contribution is -2.35. The number of nitrogens with two attached hydrogens (primary N) is 1. The number of benzene rings is 1. The average molecular weight is 252 g/mol. The van der Waals surface area contributed by atoms with Gasteiger partial charge in [0.2, 0.25) is 0 Å². The fourth-order valence-corrected chi connectivity index (χ4v) is 1.52. The summed E-state index contributed by atoms with van der Waals surface area (Å²) in [5, 5.41) is 2.80. The first-order chi connectivity index (χ1) is 8.58. The third kappa shape index (κ3) is 4.01. The molecule has 0 radical (unpaired) electrons. The molecule has 18 heavy (non-hydrogen) atoms. The van der Waals surface area contributed by atoms with Gasteiger partial charge in [-0.05, 0) is 30.7 Å². The van der Waals surface area contributed by atoms with Gasteiger partial charge in [0.1, 0.15) is 0 Å². The molecule has 0 fully saturated rings. The fraction of sp³-hybridized carbons (Fsp3) is 0.462. The summed E-state index contributed by atoms with van der Waals surface area (Å²) in [6.07, 6.45) is -0.145. The molecule has 0 bridgehead atoms. The van der Waals surface area contributed by atoms with E-state index in [0.717, 1.165) is 5.56 Å². The zero-order chi connectivity index (χ0) is 13.5. The molecule has 0 aromatic heterocycles. The van der Waals surface area contributed by atoms with E-state index in [9.17, 15) is 4.79 Å². The van der Waals surface area contributed by atoms with Gasteiger partial charge in [0.15, 0.2) is 0 Å². The smallest absolute Gasteiger partial charge is 0.251 e. The maximum absolute atomic E-state index is 11.9. The average Bonchev–Trinajstić information content (AvgIpc) is 2.37. The summed E-state index contributed by atoms with van der Waals surface area (Å²) in [6, 6.07) is 5.20. The van der Waals surface area contributed by atoms with E-state index in [1.807, 2.05) is 6.92 Å². The Hall–Kier alpha value is -1.59. The zero-order valence-electron chi connectivity index (χ0n) is 11.0. The maximum Gasteiger partial charge on any atom is 0.251 e. The highest BCUT2D eigenvalue weighted by atomic mass is 16.5. The van der Waals surface area contributed by atoms with Crippen LogP contribution in [0.2, 0.25) is 0 Å². The van der Waals surface area contributed by atoms with Crippen molar-refractivity contribution in [2.45, 2.75) is 13.0 Å². The van der Waals surface area contributed by atoms with Crippen molar-refractivity contribution in [3.63, 3.8) is 0 Å². The number of hydrogen-bond donors (Lipinski definition) is 2. The van der Waals surface area contributed by atoms with Crippen LogP contribution in [0.5, 0.6) is 0 Å². The third-order valence-electron chi connectivity index (χ3n) is 2.71. The van der Waals surface area contributed by atoms with Gasteiger partial charge >= 0.3 is 0 Å². The van der Waals surface area contributed by atoms with Crippen LogP contribution in [0.1, 0.15) is 15.9 Å². The highest BCUT2D eigenvalue weighted by Gasteiger charge is 2.11. The summed E-state index contributed by atoms with van der Waals surface area (Å²) in [5.74, 6) is -0.142. The maximum atomic E-state index is 11.9. The molecule has 1 unspecified atom stereocenters. The number of carbonyl (C=O) groups is 1. The van der Waals surface area contributed by atoms with Crippen molar-refractivity contribution in [2.24, 2.45) is 0 Å². The number of rotatable bonds is 6. The Balaban J connectivity index is 2.57. The first kappa shape index (κ1) is 14.5. The van der Waals surface area contributed by atoms with Crippen molar-refractivity contribution in [3.05, 3.63) is 29.3 Å². The van der Waals surface area contributed by atoms with Crippen LogP contribution in [-0.2, 0) is 9.47 Å². The number of ether oxygens (including phenoxy) is 2. The SMILES string of the molecule is COCC(CNC(=O)c1ccc(N)c(C)c1)OC. The van der Waals surface area contributed by atoms with Crippen LogP contribution in [0.4, 0.5) is 5.69 Å². The van der Waals surface area contributed by atoms with E-state index < -0.39 is 0 Å². The molecule has 3 N–H and O–H groups in total. The van der Waals surface area contributed by atoms with Crippen molar-refractivity contribution in [1.29, 1.82) is 0 Å². The first-order valence-corrected chi connectivity index (χ1v) is 5.74. The summed E-state index contributed by atoms with van der Waals surface area (Å²) in [5.41, 5.74) is 7.87. The minimum atomic E-state index is -0.145. The molecule has 1 rings (SSSR count). The number of nitrogen functional groups attached to an aromatic ring is 1. The molecule has 0 aliphatic heterocycles. The number of amides is 1. The lowest BCUT2D eigenvalue weighted by molar-refractivity contribution is 0.0285. The topological polar surface area (TPSA) is 73.6 Å². The van der Waals surface area contributed by atoms with Gasteiger partial charge < -0.3 is 20.5 Å². The second kappa shape index (κ2) is 6.98. The zero-order valence-corrected chi connectivity index (χ0v) is 11.0. The van der Waals surface area contributed by atoms with Gasteiger partial charge in [-0.2, -0.15) is 0 Å². The highest BCUT2D eigenvalue weighted by Crippen LogP contribution is 2.12. The molecule has 5 nitrogen and oxygen atoms in total. The van der Waals surface area contributed by atoms with Crippen LogP contribution in [0, 0.1) is 6.92 Å². The molecule has 0 saturated heterocycles. The van der Waals surface area contributed by atoms with Gasteiger partial charge in [0.05, 0.1) is 12.7 Å². The fourth-order valence-electron chi connectivity index (χ4n) is 1.52. The number of hydrogen-bond acceptors (Lipinski definition) is 4. The van der Waals surface area contributed by atoms with Crippen LogP contribution in [0.3, 0.4) is 0 Å². The molecule has 0 spiro atoms. The van der Waals surface area contributed by atoms with E-state index in [-0.39, 0.29) is 12.0 Å². The summed E-state index contributed by atoms with van der Waals surface area (Å²) < 4.78 is 10.1. The van der Waals surface area contributed by atoms with E-state index in [2.05, 4.69) is 5.32 Å². The van der Waals surface area contributed by atoms with Crippen molar-refractivity contribution >= 4 is 11.6 Å². The van der Waals surface area contributed by atoms with Crippen molar-refractivity contribution < 1.29 is 14.3 Å². The number of carbonyl (C=O) groups excluding carboxylic acids is 1. The van der Waals surface area contributed by atoms with E-state index in [4.69, 9.17) is 15.2 Å². The summed E-state index contributed by atoms with van der Waals surface area (Å²) in [6.45, 7) is 2.72. The minimum absolute atomic E-state index is 0.142. The van der Waals surface area contributed by atoms with Gasteiger partial charge in [-0.25, -0.2) is 0 Å². The molecule has 0 heterocycles. The third-order valence-corrected chi connectivity index (χ3v) is 2.71. The van der Waals surface area contributed by atoms with Crippen LogP contribution in [0.15, 0.2) is 18.2 Å². The van der Waals surface area contributed by atoms with Crippen molar-refractivity contribution in [3.8, 4) is 0 Å². The molecule has 1 amide bonds. The first-order valence-electron chi connectivity index (χ1n) is 5.74. The second-order valence-electron chi connectivity index (χ2n) is 4.09. The van der Waals surface area contributed by atoms with Crippen molar-refractivity contribution in [2.75, 3.05) is 33.1 Å². The summed E-state index contributed by atoms with van der Waals surface area (Å²) in [4.78, 5) is 11.9. The Morgan fingerprint density at radius 2 is 2.17 bits per heavy atom. The number of nitrogens with one attached hydrogen (secondary N) is 1. The predicted octanol–water partition coefficient (Wildman–Crippen LogP) is 0.968. The van der Waals surface area contributed by atoms with Crippen LogP contribution in [0.25, 0.3) is 0 Å². The predicted molar refractivity (Wildman–Crippen MR) is 70.6 cm³/mol. The molecule has 100 valence electrons. The van der Waals surface area contributed by atoms with Gasteiger partial charge in [-0.3, -0.25) is 4.79 Å². The Bertz CT molecular complexity index is 407. The highest BCUT2D eigenvalue weighted by molar-refractivity contribution is 5.94.